The van der Waals surface area contributed by atoms with Gasteiger partial charge in [-0.3, -0.25) is 4.79 Å². The van der Waals surface area contributed by atoms with E-state index in [-0.39, 0.29) is 20.9 Å². The number of aromatic nitrogens is 4. The Hall–Kier alpha value is -5.79. The lowest BCUT2D eigenvalue weighted by atomic mass is 9.95. The number of nitrogens with zero attached hydrogens (tertiary/aromatic N) is 4. The molecular weight excluding hydrogens is 639 g/mol. The highest BCUT2D eigenvalue weighted by Crippen LogP contribution is 2.46. The third-order valence-corrected chi connectivity index (χ3v) is 8.71. The Kier molecular flexibility index (Phi) is 9.04. The minimum absolute atomic E-state index is 0. The van der Waals surface area contributed by atoms with E-state index in [0.717, 1.165) is 96.8 Å². The number of nitrogens with one attached hydrogen (secondary N) is 2. The van der Waals surface area contributed by atoms with Crippen molar-refractivity contribution < 1.29 is 32.4 Å². The van der Waals surface area contributed by atoms with E-state index in [9.17, 15) is 4.79 Å². The first kappa shape index (κ1) is 34.1. The van der Waals surface area contributed by atoms with Gasteiger partial charge in [-0.2, -0.15) is 0 Å². The van der Waals surface area contributed by atoms with Gasteiger partial charge in [0.2, 0.25) is 0 Å². The van der Waals surface area contributed by atoms with Crippen LogP contribution in [0.3, 0.4) is 0 Å². The molecule has 2 aliphatic rings. The molecule has 0 saturated carbocycles. The third-order valence-electron chi connectivity index (χ3n) is 8.71. The lowest BCUT2D eigenvalue weighted by molar-refractivity contribution is -0.118. The summed E-state index contributed by atoms with van der Waals surface area (Å²) in [6.45, 7) is 16.6. The first-order chi connectivity index (χ1) is 23.5. The largest absolute Gasteiger partial charge is 0.489 e. The van der Waals surface area contributed by atoms with Gasteiger partial charge in [-0.05, 0) is 90.8 Å². The molecule has 0 bridgehead atoms. The van der Waals surface area contributed by atoms with Gasteiger partial charge in [-0.1, -0.05) is 20.6 Å². The quantitative estimate of drug-likeness (QED) is 0.181. The molecule has 50 heavy (non-hydrogen) atoms. The zero-order chi connectivity index (χ0) is 34.6. The monoisotopic (exact) mass is 675 g/mol. The van der Waals surface area contributed by atoms with Crippen LogP contribution in [0.4, 0.5) is 11.4 Å². The fraction of sp³-hybridized carbons (Fsp3) is 0.306. The van der Waals surface area contributed by atoms with Gasteiger partial charge in [0.05, 0.1) is 45.3 Å². The van der Waals surface area contributed by atoms with Gasteiger partial charge in [-0.25, -0.2) is 0 Å². The van der Waals surface area contributed by atoms with E-state index in [1.165, 1.54) is 0 Å². The van der Waals surface area contributed by atoms with Crippen molar-refractivity contribution in [2.45, 2.75) is 55.4 Å². The maximum Gasteiger partial charge on any atom is 0.262 e. The Labute approximate surface area is 290 Å². The number of hydrogen-bond acceptors (Lipinski definition) is 12. The maximum absolute atomic E-state index is 11.8. The minimum Gasteiger partial charge on any atom is -0.489 e. The number of benzene rings is 2. The lowest BCUT2D eigenvalue weighted by Gasteiger charge is -2.23. The van der Waals surface area contributed by atoms with Crippen molar-refractivity contribution in [3.05, 3.63) is 70.1 Å². The second-order valence-electron chi connectivity index (χ2n) is 12.2. The van der Waals surface area contributed by atoms with Crippen LogP contribution in [0.1, 0.15) is 45.8 Å². The molecule has 0 saturated heterocycles. The summed E-state index contributed by atoms with van der Waals surface area (Å²) in [6.07, 6.45) is 0. The fourth-order valence-electron chi connectivity index (χ4n) is 6.64. The maximum atomic E-state index is 11.8. The summed E-state index contributed by atoms with van der Waals surface area (Å²) in [5.74, 6) is 4.25. The highest BCUT2D eigenvalue weighted by atomic mass is 16.5. The van der Waals surface area contributed by atoms with Crippen LogP contribution in [0.5, 0.6) is 11.5 Å². The predicted octanol–water partition coefficient (Wildman–Crippen LogP) is 7.21. The van der Waals surface area contributed by atoms with Crippen LogP contribution in [0, 0.1) is 55.4 Å². The number of carbonyl (C=O) groups is 1. The Bertz CT molecular complexity index is 2170. The number of hydrogen-bond donors (Lipinski definition) is 2. The highest BCUT2D eigenvalue weighted by Gasteiger charge is 2.27. The Morgan fingerprint density at radius 2 is 0.980 bits per heavy atom. The Morgan fingerprint density at radius 1 is 0.560 bits per heavy atom. The molecule has 0 unspecified atom stereocenters. The van der Waals surface area contributed by atoms with E-state index in [2.05, 4.69) is 43.4 Å². The zero-order valence-corrected chi connectivity index (χ0v) is 29.2. The summed E-state index contributed by atoms with van der Waals surface area (Å²) in [5, 5.41) is 22.5. The number of anilines is 2. The zero-order valence-electron chi connectivity index (χ0n) is 29.2. The van der Waals surface area contributed by atoms with Crippen molar-refractivity contribution in [1.29, 1.82) is 0 Å². The molecule has 6 aromatic rings. The number of aryl methyl sites for hydroxylation is 8. The van der Waals surface area contributed by atoms with Crippen LogP contribution < -0.4 is 20.1 Å². The van der Waals surface area contributed by atoms with E-state index >= 15 is 0 Å². The second-order valence-corrected chi connectivity index (χ2v) is 12.2. The van der Waals surface area contributed by atoms with Crippen molar-refractivity contribution in [2.75, 3.05) is 30.4 Å². The first-order valence-electron chi connectivity index (χ1n) is 15.9. The second kappa shape index (κ2) is 13.3. The summed E-state index contributed by atoms with van der Waals surface area (Å²) < 4.78 is 33.0. The minimum atomic E-state index is -0.187. The summed E-state index contributed by atoms with van der Waals surface area (Å²) >= 11 is 0. The van der Waals surface area contributed by atoms with Crippen molar-refractivity contribution >= 4 is 25.7 Å². The number of fused-ring (bicyclic) bond motifs is 2. The molecule has 0 atom stereocenters. The van der Waals surface area contributed by atoms with Crippen molar-refractivity contribution in [2.24, 2.45) is 0 Å². The van der Waals surface area contributed by atoms with Gasteiger partial charge >= 0.3 is 0 Å². The lowest BCUT2D eigenvalue weighted by Crippen LogP contribution is -2.25. The van der Waals surface area contributed by atoms with Crippen LogP contribution in [0.15, 0.2) is 42.4 Å². The first-order valence-corrected chi connectivity index (χ1v) is 15.9. The van der Waals surface area contributed by atoms with Gasteiger partial charge < -0.3 is 38.2 Å². The normalized spacial score (nSPS) is 13.1. The van der Waals surface area contributed by atoms with E-state index in [0.29, 0.717) is 29.6 Å². The van der Waals surface area contributed by atoms with Gasteiger partial charge in [0.1, 0.15) is 29.6 Å². The third kappa shape index (κ3) is 5.90. The molecule has 255 valence electrons. The number of carbonyl (C=O) groups excluding carboxylic acids is 1. The summed E-state index contributed by atoms with van der Waals surface area (Å²) in [7, 11) is 0. The van der Waals surface area contributed by atoms with Crippen molar-refractivity contribution in [1.82, 2.24) is 20.6 Å². The number of ether oxygens (including phenoxy) is 2. The molecule has 3 radical (unpaired) electrons. The van der Waals surface area contributed by atoms with Crippen molar-refractivity contribution in [3.8, 4) is 56.0 Å². The standard InChI is InChI=1S/C18H17N3O4.C18H19N3O3.B/c1-8-16(10(3)24-20-8)12-5-13(17-9(2)21-25-11(17)4)18-14(6-12)19-15(22)7-23-18;1-9-16(11(3)23-20-9)13-7-14(17-10(2)21-24-12(17)4)18-15(8-13)19-5-6-22-18;/h5-6H,7H2,1-4H3,(H,19,22);7-8,19H,5-6H2,1-4H3;. The molecule has 4 aromatic heterocycles. The van der Waals surface area contributed by atoms with Gasteiger partial charge in [0, 0.05) is 37.2 Å². The molecular formula is C36H36BN6O7. The average Bonchev–Trinajstić information content (AvgIpc) is 3.81. The van der Waals surface area contributed by atoms with Gasteiger partial charge in [0.15, 0.2) is 18.1 Å². The molecule has 0 spiro atoms. The van der Waals surface area contributed by atoms with Gasteiger partial charge in [0.25, 0.3) is 5.91 Å². The fourth-order valence-corrected chi connectivity index (χ4v) is 6.64. The van der Waals surface area contributed by atoms with Crippen LogP contribution in [0.25, 0.3) is 44.5 Å². The van der Waals surface area contributed by atoms with Crippen LogP contribution in [-0.2, 0) is 4.79 Å². The molecule has 8 rings (SSSR count). The molecule has 6 heterocycles. The molecule has 0 fully saturated rings. The van der Waals surface area contributed by atoms with E-state index in [1.54, 1.807) is 0 Å². The smallest absolute Gasteiger partial charge is 0.262 e. The topological polar surface area (TPSA) is 164 Å². The molecule has 14 heteroatoms. The summed E-state index contributed by atoms with van der Waals surface area (Å²) in [5.41, 5.74) is 12.3. The summed E-state index contributed by atoms with van der Waals surface area (Å²) in [6, 6.07) is 8.06. The van der Waals surface area contributed by atoms with Crippen LogP contribution in [0.2, 0.25) is 0 Å². The van der Waals surface area contributed by atoms with E-state index < -0.39 is 0 Å². The van der Waals surface area contributed by atoms with Crippen molar-refractivity contribution in [3.63, 3.8) is 0 Å². The molecule has 2 N–H and O–H groups in total. The molecule has 13 nitrogen and oxygen atoms in total. The summed E-state index contributed by atoms with van der Waals surface area (Å²) in [4.78, 5) is 11.8. The highest BCUT2D eigenvalue weighted by molar-refractivity contribution is 6.00. The average molecular weight is 676 g/mol. The Morgan fingerprint density at radius 3 is 1.42 bits per heavy atom. The number of rotatable bonds is 4. The Balaban J connectivity index is 0.000000170. The molecule has 0 aliphatic carbocycles. The van der Waals surface area contributed by atoms with Gasteiger partial charge in [-0.15, -0.1) is 0 Å². The molecule has 2 aliphatic heterocycles. The number of amides is 1. The SMILES string of the molecule is Cc1noc(C)c1-c1cc2c(c(-c3c(C)noc3C)c1)OCC(=O)N2.Cc1noc(C)c1-c1cc2c(c(-c3c(C)noc3C)c1)OCCN2.[B]. The van der Waals surface area contributed by atoms with E-state index in [4.69, 9.17) is 27.6 Å². The van der Waals surface area contributed by atoms with Crippen LogP contribution in [-0.4, -0.2) is 54.7 Å². The molecule has 1 amide bonds. The predicted molar refractivity (Wildman–Crippen MR) is 187 cm³/mol. The van der Waals surface area contributed by atoms with Crippen LogP contribution >= 0.6 is 0 Å². The van der Waals surface area contributed by atoms with E-state index in [1.807, 2.05) is 67.5 Å². The molecule has 2 aromatic carbocycles.